The third-order valence-electron chi connectivity index (χ3n) is 6.72. The highest BCUT2D eigenvalue weighted by atomic mass is 16.4. The van der Waals surface area contributed by atoms with Gasteiger partial charge in [-0.1, -0.05) is 20.3 Å². The molecule has 2 saturated carbocycles. The zero-order valence-electron chi connectivity index (χ0n) is 15.0. The largest absolute Gasteiger partial charge is 0.480 e. The van der Waals surface area contributed by atoms with Crippen molar-refractivity contribution in [2.24, 2.45) is 11.3 Å². The van der Waals surface area contributed by atoms with Crippen molar-refractivity contribution < 1.29 is 14.7 Å². The molecule has 1 spiro atoms. The van der Waals surface area contributed by atoms with Crippen molar-refractivity contribution in [3.63, 3.8) is 0 Å². The number of likely N-dealkylation sites (N-methyl/N-ethyl adjacent to an activating group) is 1. The van der Waals surface area contributed by atoms with Gasteiger partial charge in [-0.2, -0.15) is 0 Å². The van der Waals surface area contributed by atoms with Gasteiger partial charge in [0.2, 0.25) is 0 Å². The smallest absolute Gasteiger partial charge is 0.317 e. The van der Waals surface area contributed by atoms with Crippen molar-refractivity contribution in [2.45, 2.75) is 64.5 Å². The molecule has 0 bridgehead atoms. The Morgan fingerprint density at radius 1 is 1.33 bits per heavy atom. The molecule has 2 aliphatic carbocycles. The van der Waals surface area contributed by atoms with Crippen molar-refractivity contribution in [2.75, 3.05) is 26.2 Å². The minimum absolute atomic E-state index is 0.0814. The fourth-order valence-corrected chi connectivity index (χ4v) is 4.67. The molecule has 6 heteroatoms. The molecule has 136 valence electrons. The van der Waals surface area contributed by atoms with Crippen LogP contribution in [0.15, 0.2) is 0 Å². The fraction of sp³-hybridized carbons (Fsp3) is 0.889. The monoisotopic (exact) mass is 337 g/mol. The normalized spacial score (nSPS) is 31.5. The number of nitrogens with one attached hydrogen (secondary N) is 1. The number of urea groups is 1. The molecule has 0 radical (unpaired) electrons. The molecule has 1 unspecified atom stereocenters. The van der Waals surface area contributed by atoms with E-state index in [1.807, 2.05) is 16.7 Å². The Morgan fingerprint density at radius 3 is 2.58 bits per heavy atom. The first-order valence-corrected chi connectivity index (χ1v) is 9.45. The Morgan fingerprint density at radius 2 is 2.04 bits per heavy atom. The summed E-state index contributed by atoms with van der Waals surface area (Å²) in [6, 6.07) is 0.565. The van der Waals surface area contributed by atoms with E-state index in [2.05, 4.69) is 12.2 Å². The average Bonchev–Trinajstić information content (AvgIpc) is 2.46. The van der Waals surface area contributed by atoms with E-state index in [1.165, 1.54) is 19.3 Å². The first kappa shape index (κ1) is 17.5. The lowest BCUT2D eigenvalue weighted by Crippen LogP contribution is -2.60. The third-order valence-corrected chi connectivity index (χ3v) is 6.72. The summed E-state index contributed by atoms with van der Waals surface area (Å²) in [5.41, 5.74) is 0.387. The number of aliphatic carboxylic acids is 1. The van der Waals surface area contributed by atoms with Crippen molar-refractivity contribution in [1.29, 1.82) is 0 Å². The second-order valence-corrected chi connectivity index (χ2v) is 8.06. The number of hydrogen-bond acceptors (Lipinski definition) is 3. The number of carbonyl (C=O) groups is 2. The molecule has 3 rings (SSSR count). The highest BCUT2D eigenvalue weighted by Crippen LogP contribution is 2.50. The van der Waals surface area contributed by atoms with Crippen LogP contribution in [0.1, 0.15) is 52.4 Å². The Kier molecular flexibility index (Phi) is 5.04. The van der Waals surface area contributed by atoms with E-state index in [0.717, 1.165) is 44.8 Å². The number of amides is 2. The summed E-state index contributed by atoms with van der Waals surface area (Å²) < 4.78 is 0. The van der Waals surface area contributed by atoms with E-state index in [4.69, 9.17) is 5.11 Å². The van der Waals surface area contributed by atoms with Crippen LogP contribution in [0.2, 0.25) is 0 Å². The van der Waals surface area contributed by atoms with Gasteiger partial charge in [-0.25, -0.2) is 4.79 Å². The first-order valence-electron chi connectivity index (χ1n) is 9.45. The van der Waals surface area contributed by atoms with Crippen LogP contribution in [0.5, 0.6) is 0 Å². The molecule has 2 N–H and O–H groups in total. The van der Waals surface area contributed by atoms with Gasteiger partial charge in [0.15, 0.2) is 0 Å². The van der Waals surface area contributed by atoms with Crippen LogP contribution in [-0.4, -0.2) is 65.2 Å². The lowest BCUT2D eigenvalue weighted by Gasteiger charge is -2.53. The molecule has 1 atom stereocenters. The number of carboxylic acids is 1. The molecule has 24 heavy (non-hydrogen) atoms. The zero-order chi connectivity index (χ0) is 17.3. The number of carbonyl (C=O) groups excluding carboxylic acids is 1. The molecule has 1 heterocycles. The molecular weight excluding hydrogens is 306 g/mol. The van der Waals surface area contributed by atoms with Gasteiger partial charge in [0, 0.05) is 25.2 Å². The molecule has 2 amide bonds. The molecule has 3 fully saturated rings. The van der Waals surface area contributed by atoms with E-state index in [0.29, 0.717) is 5.41 Å². The summed E-state index contributed by atoms with van der Waals surface area (Å²) in [7, 11) is 0. The van der Waals surface area contributed by atoms with E-state index >= 15 is 0 Å². The zero-order valence-corrected chi connectivity index (χ0v) is 15.0. The quantitative estimate of drug-likeness (QED) is 0.806. The van der Waals surface area contributed by atoms with Gasteiger partial charge in [0.05, 0.1) is 6.54 Å². The molecule has 1 saturated heterocycles. The highest BCUT2D eigenvalue weighted by Gasteiger charge is 2.46. The van der Waals surface area contributed by atoms with Crippen LogP contribution in [0, 0.1) is 11.3 Å². The molecule has 0 aromatic heterocycles. The molecule has 3 aliphatic rings. The van der Waals surface area contributed by atoms with E-state index in [9.17, 15) is 9.59 Å². The Labute approximate surface area is 144 Å². The number of rotatable bonds is 5. The van der Waals surface area contributed by atoms with E-state index < -0.39 is 5.97 Å². The third kappa shape index (κ3) is 3.39. The Hall–Kier alpha value is -1.30. The predicted molar refractivity (Wildman–Crippen MR) is 91.9 cm³/mol. The Bertz CT molecular complexity index is 486. The van der Waals surface area contributed by atoms with Gasteiger partial charge in [-0.05, 0) is 50.0 Å². The number of nitrogens with zero attached hydrogens (tertiary/aromatic N) is 2. The lowest BCUT2D eigenvalue weighted by molar-refractivity contribution is -0.139. The second kappa shape index (κ2) is 6.90. The van der Waals surface area contributed by atoms with Crippen LogP contribution in [-0.2, 0) is 4.79 Å². The maximum absolute atomic E-state index is 12.6. The summed E-state index contributed by atoms with van der Waals surface area (Å²) in [5, 5.41) is 12.1. The second-order valence-electron chi connectivity index (χ2n) is 8.06. The average molecular weight is 337 g/mol. The van der Waals surface area contributed by atoms with Gasteiger partial charge >= 0.3 is 12.0 Å². The maximum atomic E-state index is 12.6. The topological polar surface area (TPSA) is 72.9 Å². The summed E-state index contributed by atoms with van der Waals surface area (Å²) in [5.74, 6) is -0.0462. The predicted octanol–water partition coefficient (Wildman–Crippen LogP) is 2.15. The standard InChI is InChI=1S/C18H31N3O3/c1-3-20(11-16(22)23)15-9-14(10-15)19-17(24)21-8-5-13(2)18(12-21)6-4-7-18/h13-15H,3-12H2,1-2H3,(H,19,24)(H,22,23). The molecule has 0 aromatic carbocycles. The summed E-state index contributed by atoms with van der Waals surface area (Å²) in [6.45, 7) is 6.94. The number of likely N-dealkylation sites (tertiary alicyclic amines) is 1. The van der Waals surface area contributed by atoms with Crippen LogP contribution >= 0.6 is 0 Å². The van der Waals surface area contributed by atoms with Crippen LogP contribution in [0.25, 0.3) is 0 Å². The minimum Gasteiger partial charge on any atom is -0.480 e. The Balaban J connectivity index is 1.44. The van der Waals surface area contributed by atoms with Crippen LogP contribution in [0.3, 0.4) is 0 Å². The van der Waals surface area contributed by atoms with Crippen LogP contribution < -0.4 is 5.32 Å². The maximum Gasteiger partial charge on any atom is 0.317 e. The molecule has 0 aromatic rings. The van der Waals surface area contributed by atoms with Crippen molar-refractivity contribution in [3.05, 3.63) is 0 Å². The van der Waals surface area contributed by atoms with Gasteiger partial charge in [0.1, 0.15) is 0 Å². The summed E-state index contributed by atoms with van der Waals surface area (Å²) in [4.78, 5) is 27.4. The molecular formula is C18H31N3O3. The molecule has 6 nitrogen and oxygen atoms in total. The molecule has 1 aliphatic heterocycles. The fourth-order valence-electron chi connectivity index (χ4n) is 4.67. The van der Waals surface area contributed by atoms with Gasteiger partial charge in [-0.3, -0.25) is 9.69 Å². The number of hydrogen-bond donors (Lipinski definition) is 2. The highest BCUT2D eigenvalue weighted by molar-refractivity contribution is 5.75. The summed E-state index contributed by atoms with van der Waals surface area (Å²) in [6.07, 6.45) is 6.68. The van der Waals surface area contributed by atoms with Crippen molar-refractivity contribution in [3.8, 4) is 0 Å². The van der Waals surface area contributed by atoms with Gasteiger partial charge in [-0.15, -0.1) is 0 Å². The van der Waals surface area contributed by atoms with Gasteiger partial charge < -0.3 is 15.3 Å². The first-order chi connectivity index (χ1) is 11.4. The number of carboxylic acid groups (broad SMARTS) is 1. The lowest BCUT2D eigenvalue weighted by atomic mass is 9.59. The van der Waals surface area contributed by atoms with Crippen LogP contribution in [0.4, 0.5) is 4.79 Å². The van der Waals surface area contributed by atoms with Crippen molar-refractivity contribution in [1.82, 2.24) is 15.1 Å². The minimum atomic E-state index is -0.780. The van der Waals surface area contributed by atoms with Gasteiger partial charge in [0.25, 0.3) is 0 Å². The SMILES string of the molecule is CCN(CC(=O)O)C1CC(NC(=O)N2CCC(C)C3(CCC3)C2)C1. The number of piperidine rings is 1. The summed E-state index contributed by atoms with van der Waals surface area (Å²) >= 11 is 0. The van der Waals surface area contributed by atoms with E-state index in [-0.39, 0.29) is 24.7 Å². The van der Waals surface area contributed by atoms with E-state index in [1.54, 1.807) is 0 Å². The van der Waals surface area contributed by atoms with Crippen molar-refractivity contribution >= 4 is 12.0 Å².